The van der Waals surface area contributed by atoms with Gasteiger partial charge >= 0.3 is 0 Å². The van der Waals surface area contributed by atoms with E-state index >= 15 is 0 Å². The first-order valence-electron chi connectivity index (χ1n) is 17.6. The van der Waals surface area contributed by atoms with Crippen molar-refractivity contribution in [2.75, 3.05) is 0 Å². The molecule has 0 atom stereocenters. The molecule has 2 aromatic heterocycles. The summed E-state index contributed by atoms with van der Waals surface area (Å²) in [6.45, 7) is 0. The van der Waals surface area contributed by atoms with Crippen LogP contribution in [0.5, 0.6) is 0 Å². The first kappa shape index (κ1) is 10.8. The molecular weight excluding hydrogens is 440 g/mol. The minimum atomic E-state index is -0.723. The van der Waals surface area contributed by atoms with E-state index in [-0.39, 0.29) is 38.2 Å². The van der Waals surface area contributed by atoms with E-state index in [9.17, 15) is 0 Å². The summed E-state index contributed by atoms with van der Waals surface area (Å²) < 4.78 is 125. The van der Waals surface area contributed by atoms with Crippen LogP contribution in [0, 0.1) is 0 Å². The third-order valence-corrected chi connectivity index (χ3v) is 6.47. The number of para-hydroxylation sites is 1. The Morgan fingerprint density at radius 1 is 0.500 bits per heavy atom. The van der Waals surface area contributed by atoms with Gasteiger partial charge in [-0.05, 0) is 50.9 Å². The normalized spacial score (nSPS) is 16.9. The fourth-order valence-corrected chi connectivity index (χ4v) is 4.96. The Labute approximate surface area is 225 Å². The summed E-state index contributed by atoms with van der Waals surface area (Å²) >= 11 is 0. The Morgan fingerprint density at radius 2 is 1.11 bits per heavy atom. The number of rotatable bonds is 2. The van der Waals surface area contributed by atoms with Gasteiger partial charge in [-0.1, -0.05) is 96.8 Å². The van der Waals surface area contributed by atoms with Gasteiger partial charge in [-0.25, -0.2) is 0 Å². The molecule has 168 valence electrons. The predicted molar refractivity (Wildman–Crippen MR) is 149 cm³/mol. The third-order valence-electron chi connectivity index (χ3n) is 6.47. The van der Waals surface area contributed by atoms with E-state index in [0.717, 1.165) is 10.8 Å². The van der Waals surface area contributed by atoms with Crippen molar-refractivity contribution in [1.82, 2.24) is 0 Å². The largest absolute Gasteiger partial charge is 0.464 e. The summed E-state index contributed by atoms with van der Waals surface area (Å²) in [6, 6.07) is 2.28. The maximum absolute atomic E-state index is 9.13. The summed E-state index contributed by atoms with van der Waals surface area (Å²) in [6.07, 6.45) is 1.34. The van der Waals surface area contributed by atoms with Crippen molar-refractivity contribution in [3.05, 3.63) is 121 Å². The lowest BCUT2D eigenvalue weighted by Crippen LogP contribution is -1.90. The average Bonchev–Trinajstić information content (AvgIpc) is 3.68. The molecule has 0 saturated carbocycles. The molecule has 6 aromatic carbocycles. The summed E-state index contributed by atoms with van der Waals surface area (Å²) in [5, 5.41) is 1.08. The number of hydrogen-bond donors (Lipinski definition) is 0. The molecule has 0 aliphatic rings. The highest BCUT2D eigenvalue weighted by atomic mass is 16.3. The van der Waals surface area contributed by atoms with Crippen LogP contribution in [0.4, 0.5) is 0 Å². The molecule has 2 heteroatoms. The zero-order chi connectivity index (χ0) is 35.0. The van der Waals surface area contributed by atoms with E-state index < -0.39 is 84.1 Å². The summed E-state index contributed by atoms with van der Waals surface area (Å²) in [7, 11) is 0. The maximum Gasteiger partial charge on any atom is 0.136 e. The molecule has 0 unspecified atom stereocenters. The third kappa shape index (κ3) is 2.67. The summed E-state index contributed by atoms with van der Waals surface area (Å²) in [5.41, 5.74) is 0.885. The number of benzene rings is 6. The SMILES string of the molecule is [2H]c1c([2H])c([2H])c(-c2c3c([2H])c([2H])c([2H])c([2H])c3c(-c3coc4cc5c(cc34)oc3ccccc35)c3c([2H])c([2H])c([2H])c([2H])c23)c([2H])c1[2H]. The molecule has 0 amide bonds. The highest BCUT2D eigenvalue weighted by Crippen LogP contribution is 2.46. The fourth-order valence-electron chi connectivity index (χ4n) is 4.96. The van der Waals surface area contributed by atoms with Crippen LogP contribution in [-0.4, -0.2) is 0 Å². The van der Waals surface area contributed by atoms with Gasteiger partial charge in [-0.2, -0.15) is 0 Å². The van der Waals surface area contributed by atoms with Gasteiger partial charge in [0.25, 0.3) is 0 Å². The van der Waals surface area contributed by atoms with Crippen molar-refractivity contribution >= 4 is 54.5 Å². The van der Waals surface area contributed by atoms with Crippen LogP contribution in [0.1, 0.15) is 17.8 Å². The van der Waals surface area contributed by atoms with Crippen molar-refractivity contribution < 1.29 is 26.7 Å². The first-order chi connectivity index (χ1) is 23.3. The minimum absolute atomic E-state index is 0.00525. The van der Waals surface area contributed by atoms with Gasteiger partial charge in [0.05, 0.1) is 24.1 Å². The zero-order valence-electron chi connectivity index (χ0n) is 31.4. The maximum atomic E-state index is 9.13. The molecule has 2 heterocycles. The molecule has 0 radical (unpaired) electrons. The lowest BCUT2D eigenvalue weighted by Gasteiger charge is -2.17. The van der Waals surface area contributed by atoms with E-state index in [0.29, 0.717) is 22.1 Å². The smallest absolute Gasteiger partial charge is 0.136 e. The monoisotopic (exact) mass is 473 g/mol. The van der Waals surface area contributed by atoms with Gasteiger partial charge in [0.15, 0.2) is 0 Å². The molecule has 0 spiro atoms. The molecule has 0 aliphatic carbocycles. The molecule has 0 bridgehead atoms. The van der Waals surface area contributed by atoms with E-state index in [1.54, 1.807) is 12.1 Å². The second-order valence-electron chi connectivity index (χ2n) is 8.34. The topological polar surface area (TPSA) is 26.3 Å². The van der Waals surface area contributed by atoms with Gasteiger partial charge in [0, 0.05) is 27.3 Å². The zero-order valence-corrected chi connectivity index (χ0v) is 18.4. The molecular formula is C34H20O2. The van der Waals surface area contributed by atoms with Crippen LogP contribution >= 0.6 is 0 Å². The summed E-state index contributed by atoms with van der Waals surface area (Å²) in [4.78, 5) is 0. The standard InChI is InChI=1S/C34H20O2/c1-2-10-21(11-3-1)33-23-13-4-6-15-25(23)34(26-16-7-5-14-24(26)33)29-20-35-31-18-27-22-12-8-9-17-30(22)36-32(27)19-28(29)31/h1-20H/i1D,2D,3D,4D,5D,6D,7D,10D,11D,13D,14D,15D,16D. The lowest BCUT2D eigenvalue weighted by molar-refractivity contribution is 0.617. The average molecular weight is 474 g/mol. The lowest BCUT2D eigenvalue weighted by atomic mass is 9.86. The molecule has 8 rings (SSSR count). The van der Waals surface area contributed by atoms with Crippen molar-refractivity contribution in [1.29, 1.82) is 0 Å². The molecule has 8 aromatic rings. The Kier molecular flexibility index (Phi) is 2.21. The van der Waals surface area contributed by atoms with E-state index in [4.69, 9.17) is 26.7 Å². The minimum Gasteiger partial charge on any atom is -0.464 e. The first-order valence-corrected chi connectivity index (χ1v) is 11.1. The van der Waals surface area contributed by atoms with E-state index in [1.165, 1.54) is 6.26 Å². The molecule has 0 fully saturated rings. The predicted octanol–water partition coefficient (Wildman–Crippen LogP) is 9.97. The number of hydrogen-bond acceptors (Lipinski definition) is 2. The second-order valence-corrected chi connectivity index (χ2v) is 8.34. The van der Waals surface area contributed by atoms with Crippen LogP contribution in [0.3, 0.4) is 0 Å². The van der Waals surface area contributed by atoms with Crippen molar-refractivity contribution in [2.45, 2.75) is 0 Å². The molecule has 2 nitrogen and oxygen atoms in total. The van der Waals surface area contributed by atoms with Gasteiger partial charge < -0.3 is 8.83 Å². The van der Waals surface area contributed by atoms with Crippen LogP contribution in [-0.2, 0) is 0 Å². The highest BCUT2D eigenvalue weighted by molar-refractivity contribution is 6.24. The summed E-state index contributed by atoms with van der Waals surface area (Å²) in [5.74, 6) is 0. The Hall–Kier alpha value is -4.82. The second kappa shape index (κ2) is 7.34. The van der Waals surface area contributed by atoms with Crippen LogP contribution in [0.2, 0.25) is 0 Å². The van der Waals surface area contributed by atoms with Gasteiger partial charge in [0.2, 0.25) is 0 Å². The molecule has 36 heavy (non-hydrogen) atoms. The van der Waals surface area contributed by atoms with Crippen molar-refractivity contribution in [3.8, 4) is 22.3 Å². The van der Waals surface area contributed by atoms with E-state index in [1.807, 2.05) is 24.3 Å². The van der Waals surface area contributed by atoms with Gasteiger partial charge in [0.1, 0.15) is 16.7 Å². The van der Waals surface area contributed by atoms with Crippen molar-refractivity contribution in [3.63, 3.8) is 0 Å². The molecule has 0 N–H and O–H groups in total. The fraction of sp³-hybridized carbons (Fsp3) is 0. The molecule has 0 aliphatic heterocycles. The van der Waals surface area contributed by atoms with Gasteiger partial charge in [-0.15, -0.1) is 0 Å². The number of furan rings is 2. The number of fused-ring (bicyclic) bond motifs is 6. The van der Waals surface area contributed by atoms with Crippen molar-refractivity contribution in [2.24, 2.45) is 0 Å². The highest BCUT2D eigenvalue weighted by Gasteiger charge is 2.20. The van der Waals surface area contributed by atoms with Crippen LogP contribution in [0.25, 0.3) is 76.7 Å². The Balaban J connectivity index is 1.69. The van der Waals surface area contributed by atoms with Crippen LogP contribution in [0.15, 0.2) is 130 Å². The van der Waals surface area contributed by atoms with E-state index in [2.05, 4.69) is 0 Å². The molecule has 0 saturated heterocycles. The Morgan fingerprint density at radius 3 is 1.83 bits per heavy atom. The quantitative estimate of drug-likeness (QED) is 0.233. The Bertz CT molecular complexity index is 2710. The van der Waals surface area contributed by atoms with Gasteiger partial charge in [-0.3, -0.25) is 0 Å². The van der Waals surface area contributed by atoms with Crippen LogP contribution < -0.4 is 0 Å².